The quantitative estimate of drug-likeness (QED) is 0.367. The SMILES string of the molecule is CC(C)c1ccc(C(=O)OOC(=O)c2ccc(C(C)C)cc2C(C)(C)C)c(C(C)(C)C)c1. The van der Waals surface area contributed by atoms with Crippen LogP contribution in [0, 0.1) is 0 Å². The van der Waals surface area contributed by atoms with Gasteiger partial charge in [-0.2, -0.15) is 0 Å². The zero-order valence-electron chi connectivity index (χ0n) is 21.3. The third-order valence-corrected chi connectivity index (χ3v) is 5.67. The fourth-order valence-electron chi connectivity index (χ4n) is 3.60. The van der Waals surface area contributed by atoms with E-state index in [1.165, 1.54) is 0 Å². The minimum atomic E-state index is -0.672. The molecule has 0 fully saturated rings. The average molecular weight is 439 g/mol. The fourth-order valence-corrected chi connectivity index (χ4v) is 3.60. The van der Waals surface area contributed by atoms with Crippen LogP contribution < -0.4 is 0 Å². The molecule has 0 unspecified atom stereocenters. The number of hydrogen-bond acceptors (Lipinski definition) is 4. The Balaban J connectivity index is 2.30. The predicted octanol–water partition coefficient (Wildman–Crippen LogP) is 7.46. The summed E-state index contributed by atoms with van der Waals surface area (Å²) < 4.78 is 0. The van der Waals surface area contributed by atoms with Crippen LogP contribution >= 0.6 is 0 Å². The summed E-state index contributed by atoms with van der Waals surface area (Å²) in [4.78, 5) is 35.8. The Morgan fingerprint density at radius 1 is 0.625 bits per heavy atom. The van der Waals surface area contributed by atoms with Crippen LogP contribution in [-0.2, 0) is 20.6 Å². The van der Waals surface area contributed by atoms with Crippen LogP contribution in [0.25, 0.3) is 0 Å². The zero-order valence-corrected chi connectivity index (χ0v) is 21.3. The van der Waals surface area contributed by atoms with Crippen molar-refractivity contribution >= 4 is 11.9 Å². The Labute approximate surface area is 193 Å². The molecule has 0 saturated carbocycles. The van der Waals surface area contributed by atoms with Crippen molar-refractivity contribution in [1.82, 2.24) is 0 Å². The van der Waals surface area contributed by atoms with Gasteiger partial charge in [-0.25, -0.2) is 19.4 Å². The summed E-state index contributed by atoms with van der Waals surface area (Å²) in [5.74, 6) is -0.670. The van der Waals surface area contributed by atoms with Gasteiger partial charge < -0.3 is 0 Å². The van der Waals surface area contributed by atoms with Gasteiger partial charge >= 0.3 is 11.9 Å². The normalized spacial score (nSPS) is 12.2. The van der Waals surface area contributed by atoms with Gasteiger partial charge in [0, 0.05) is 0 Å². The van der Waals surface area contributed by atoms with Crippen LogP contribution in [0.1, 0.15) is 124 Å². The maximum atomic E-state index is 12.9. The van der Waals surface area contributed by atoms with Gasteiger partial charge in [0.25, 0.3) is 0 Å². The Kier molecular flexibility index (Phi) is 7.59. The molecule has 4 heteroatoms. The number of carbonyl (C=O) groups is 2. The smallest absolute Gasteiger partial charge is 0.241 e. The molecule has 0 radical (unpaired) electrons. The minimum absolute atomic E-state index is 0.269. The van der Waals surface area contributed by atoms with Gasteiger partial charge in [0.2, 0.25) is 0 Å². The first-order valence-corrected chi connectivity index (χ1v) is 11.3. The molecular weight excluding hydrogens is 400 g/mol. The Morgan fingerprint density at radius 3 is 1.19 bits per heavy atom. The van der Waals surface area contributed by atoms with Gasteiger partial charge in [-0.1, -0.05) is 93.5 Å². The van der Waals surface area contributed by atoms with Crippen molar-refractivity contribution in [3.8, 4) is 0 Å². The summed E-state index contributed by atoms with van der Waals surface area (Å²) in [7, 11) is 0. The maximum Gasteiger partial charge on any atom is 0.386 e. The molecule has 2 rings (SSSR count). The van der Waals surface area contributed by atoms with Crippen molar-refractivity contribution in [1.29, 1.82) is 0 Å². The molecule has 0 aromatic heterocycles. The van der Waals surface area contributed by atoms with E-state index < -0.39 is 11.9 Å². The van der Waals surface area contributed by atoms with E-state index in [1.54, 1.807) is 12.1 Å². The molecule has 0 heterocycles. The Morgan fingerprint density at radius 2 is 0.938 bits per heavy atom. The van der Waals surface area contributed by atoms with Gasteiger partial charge in [-0.15, -0.1) is 0 Å². The van der Waals surface area contributed by atoms with E-state index in [1.807, 2.05) is 65.8 Å². The van der Waals surface area contributed by atoms with E-state index in [2.05, 4.69) is 27.7 Å². The average Bonchev–Trinajstić information content (AvgIpc) is 2.69. The molecular formula is C28H38O4. The topological polar surface area (TPSA) is 52.6 Å². The van der Waals surface area contributed by atoms with E-state index in [-0.39, 0.29) is 10.8 Å². The molecule has 2 aromatic carbocycles. The van der Waals surface area contributed by atoms with E-state index in [9.17, 15) is 9.59 Å². The lowest BCUT2D eigenvalue weighted by molar-refractivity contribution is -0.187. The predicted molar refractivity (Wildman–Crippen MR) is 129 cm³/mol. The van der Waals surface area contributed by atoms with Crippen LogP contribution in [0.4, 0.5) is 0 Å². The molecule has 0 aliphatic heterocycles. The first-order chi connectivity index (χ1) is 14.6. The minimum Gasteiger partial charge on any atom is -0.241 e. The number of hydrogen-bond donors (Lipinski definition) is 0. The third-order valence-electron chi connectivity index (χ3n) is 5.67. The van der Waals surface area contributed by atoms with Crippen molar-refractivity contribution < 1.29 is 19.4 Å². The molecule has 0 atom stereocenters. The van der Waals surface area contributed by atoms with Gasteiger partial charge in [0.15, 0.2) is 0 Å². The summed E-state index contributed by atoms with van der Waals surface area (Å²) in [6, 6.07) is 11.4. The molecule has 0 N–H and O–H groups in total. The maximum absolute atomic E-state index is 12.9. The van der Waals surface area contributed by atoms with Crippen molar-refractivity contribution in [2.45, 2.75) is 91.9 Å². The van der Waals surface area contributed by atoms with E-state index in [0.29, 0.717) is 23.0 Å². The molecule has 0 amide bonds. The van der Waals surface area contributed by atoms with E-state index in [4.69, 9.17) is 9.78 Å². The highest BCUT2D eigenvalue weighted by molar-refractivity contribution is 5.94. The van der Waals surface area contributed by atoms with Crippen LogP contribution in [0.2, 0.25) is 0 Å². The summed E-state index contributed by atoms with van der Waals surface area (Å²) in [5, 5.41) is 0. The molecule has 0 aliphatic rings. The first-order valence-electron chi connectivity index (χ1n) is 11.3. The van der Waals surface area contributed by atoms with Crippen molar-refractivity contribution in [3.05, 3.63) is 69.8 Å². The molecule has 174 valence electrons. The van der Waals surface area contributed by atoms with Crippen molar-refractivity contribution in [3.63, 3.8) is 0 Å². The van der Waals surface area contributed by atoms with Crippen molar-refractivity contribution in [2.24, 2.45) is 0 Å². The molecule has 0 spiro atoms. The Bertz CT molecular complexity index is 904. The highest BCUT2D eigenvalue weighted by Gasteiger charge is 2.27. The lowest BCUT2D eigenvalue weighted by Gasteiger charge is -2.24. The molecule has 4 nitrogen and oxygen atoms in total. The lowest BCUT2D eigenvalue weighted by atomic mass is 9.81. The number of carbonyl (C=O) groups excluding carboxylic acids is 2. The zero-order chi connectivity index (χ0) is 24.4. The van der Waals surface area contributed by atoms with Crippen molar-refractivity contribution in [2.75, 3.05) is 0 Å². The Hall–Kier alpha value is -2.62. The van der Waals surface area contributed by atoms with Gasteiger partial charge in [-0.3, -0.25) is 0 Å². The highest BCUT2D eigenvalue weighted by Crippen LogP contribution is 2.31. The lowest BCUT2D eigenvalue weighted by Crippen LogP contribution is -2.22. The van der Waals surface area contributed by atoms with E-state index >= 15 is 0 Å². The second-order valence-corrected chi connectivity index (χ2v) is 11.2. The van der Waals surface area contributed by atoms with Gasteiger partial charge in [-0.05, 0) is 57.1 Å². The number of rotatable bonds is 4. The number of benzene rings is 2. The standard InChI is InChI=1S/C28H38O4/c1-17(2)19-11-13-21(23(15-19)27(5,6)7)25(29)31-32-26(30)22-14-12-20(18(3)4)16-24(22)28(8,9)10/h11-18H,1-10H3. The summed E-state index contributed by atoms with van der Waals surface area (Å²) in [6.45, 7) is 20.7. The van der Waals surface area contributed by atoms with Crippen LogP contribution in [0.5, 0.6) is 0 Å². The first kappa shape index (κ1) is 25.6. The molecule has 2 aromatic rings. The largest absolute Gasteiger partial charge is 0.386 e. The fraction of sp³-hybridized carbons (Fsp3) is 0.500. The molecule has 32 heavy (non-hydrogen) atoms. The third kappa shape index (κ3) is 5.99. The van der Waals surface area contributed by atoms with Gasteiger partial charge in [0.1, 0.15) is 0 Å². The summed E-state index contributed by atoms with van der Waals surface area (Å²) in [5.41, 5.74) is 4.28. The van der Waals surface area contributed by atoms with E-state index in [0.717, 1.165) is 22.3 Å². The second kappa shape index (κ2) is 9.48. The molecule has 0 aliphatic carbocycles. The summed E-state index contributed by atoms with van der Waals surface area (Å²) >= 11 is 0. The van der Waals surface area contributed by atoms with Crippen LogP contribution in [0.3, 0.4) is 0 Å². The van der Waals surface area contributed by atoms with Crippen LogP contribution in [-0.4, -0.2) is 11.9 Å². The van der Waals surface area contributed by atoms with Gasteiger partial charge in [0.05, 0.1) is 11.1 Å². The monoisotopic (exact) mass is 438 g/mol. The summed E-state index contributed by atoms with van der Waals surface area (Å²) in [6.07, 6.45) is 0. The second-order valence-electron chi connectivity index (χ2n) is 11.2. The molecule has 0 saturated heterocycles. The highest BCUT2D eigenvalue weighted by atomic mass is 17.2. The van der Waals surface area contributed by atoms with Crippen LogP contribution in [0.15, 0.2) is 36.4 Å². The molecule has 0 bridgehead atoms.